The zero-order valence-electron chi connectivity index (χ0n) is 12.7. The molecule has 1 fully saturated rings. The molecule has 2 rings (SSSR count). The molecule has 4 nitrogen and oxygen atoms in total. The second-order valence-electron chi connectivity index (χ2n) is 5.41. The smallest absolute Gasteiger partial charge is 0.219 e. The maximum absolute atomic E-state index is 11.3. The van der Waals surface area contributed by atoms with Crippen LogP contribution in [0.15, 0.2) is 18.2 Å². The van der Waals surface area contributed by atoms with Gasteiger partial charge in [0.15, 0.2) is 0 Å². The predicted molar refractivity (Wildman–Crippen MR) is 86.1 cm³/mol. The van der Waals surface area contributed by atoms with E-state index in [9.17, 15) is 4.79 Å². The molecule has 5 heteroatoms. The number of nitrogens with zero attached hydrogens (tertiary/aromatic N) is 1. The molecule has 21 heavy (non-hydrogen) atoms. The molecular weight excluding hydrogens is 288 g/mol. The van der Waals surface area contributed by atoms with Crippen LogP contribution in [0.4, 0.5) is 5.69 Å². The Bertz CT molecular complexity index is 485. The van der Waals surface area contributed by atoms with Gasteiger partial charge in [0.05, 0.1) is 12.3 Å². The Morgan fingerprint density at radius 3 is 2.76 bits per heavy atom. The van der Waals surface area contributed by atoms with Crippen molar-refractivity contribution in [1.29, 1.82) is 0 Å². The SMILES string of the molecule is CCCOc1ccc(Cl)cc1NC1CCN(C(C)=O)CC1. The van der Waals surface area contributed by atoms with Gasteiger partial charge in [-0.2, -0.15) is 0 Å². The highest BCUT2D eigenvalue weighted by Gasteiger charge is 2.21. The van der Waals surface area contributed by atoms with Gasteiger partial charge < -0.3 is 15.0 Å². The lowest BCUT2D eigenvalue weighted by molar-refractivity contribution is -0.129. The first-order valence-electron chi connectivity index (χ1n) is 7.54. The highest BCUT2D eigenvalue weighted by atomic mass is 35.5. The summed E-state index contributed by atoms with van der Waals surface area (Å²) < 4.78 is 5.76. The molecule has 0 unspecified atom stereocenters. The molecule has 0 atom stereocenters. The topological polar surface area (TPSA) is 41.6 Å². The number of carbonyl (C=O) groups excluding carboxylic acids is 1. The molecule has 1 aliphatic rings. The molecule has 1 aromatic rings. The van der Waals surface area contributed by atoms with E-state index in [1.54, 1.807) is 6.92 Å². The van der Waals surface area contributed by atoms with Crippen LogP contribution in [0.2, 0.25) is 5.02 Å². The Kier molecular flexibility index (Phi) is 5.74. The Balaban J connectivity index is 1.99. The quantitative estimate of drug-likeness (QED) is 0.904. The first-order valence-corrected chi connectivity index (χ1v) is 7.92. The van der Waals surface area contributed by atoms with Gasteiger partial charge >= 0.3 is 0 Å². The van der Waals surface area contributed by atoms with E-state index in [-0.39, 0.29) is 5.91 Å². The number of nitrogens with one attached hydrogen (secondary N) is 1. The van der Waals surface area contributed by atoms with Crippen LogP contribution in [0.5, 0.6) is 5.75 Å². The molecule has 1 N–H and O–H groups in total. The average molecular weight is 311 g/mol. The average Bonchev–Trinajstić information content (AvgIpc) is 2.47. The molecule has 1 aromatic carbocycles. The van der Waals surface area contributed by atoms with Gasteiger partial charge in [0.25, 0.3) is 0 Å². The lowest BCUT2D eigenvalue weighted by Crippen LogP contribution is -2.41. The predicted octanol–water partition coefficient (Wildman–Crippen LogP) is 3.55. The van der Waals surface area contributed by atoms with E-state index < -0.39 is 0 Å². The number of piperidine rings is 1. The highest BCUT2D eigenvalue weighted by Crippen LogP contribution is 2.30. The standard InChI is InChI=1S/C16H23ClN2O2/c1-3-10-21-16-5-4-13(17)11-15(16)18-14-6-8-19(9-7-14)12(2)20/h4-5,11,14,18H,3,6-10H2,1-2H3. The molecule has 1 saturated heterocycles. The summed E-state index contributed by atoms with van der Waals surface area (Å²) in [6.07, 6.45) is 2.86. The fourth-order valence-corrected chi connectivity index (χ4v) is 2.68. The Morgan fingerprint density at radius 1 is 1.43 bits per heavy atom. The normalized spacial score (nSPS) is 15.9. The lowest BCUT2D eigenvalue weighted by atomic mass is 10.0. The van der Waals surface area contributed by atoms with Gasteiger partial charge in [0.2, 0.25) is 5.91 Å². The third-order valence-corrected chi connectivity index (χ3v) is 3.94. The second-order valence-corrected chi connectivity index (χ2v) is 5.85. The molecule has 0 bridgehead atoms. The fourth-order valence-electron chi connectivity index (χ4n) is 2.51. The summed E-state index contributed by atoms with van der Waals surface area (Å²) in [5.74, 6) is 0.999. The van der Waals surface area contributed by atoms with Crippen molar-refractivity contribution in [2.45, 2.75) is 39.2 Å². The minimum Gasteiger partial charge on any atom is -0.491 e. The summed E-state index contributed by atoms with van der Waals surface area (Å²) in [6, 6.07) is 6.01. The van der Waals surface area contributed by atoms with E-state index in [4.69, 9.17) is 16.3 Å². The number of amides is 1. The van der Waals surface area contributed by atoms with Crippen molar-refractivity contribution in [3.8, 4) is 5.75 Å². The van der Waals surface area contributed by atoms with Crippen LogP contribution < -0.4 is 10.1 Å². The summed E-state index contributed by atoms with van der Waals surface area (Å²) in [7, 11) is 0. The van der Waals surface area contributed by atoms with Crippen molar-refractivity contribution in [1.82, 2.24) is 4.90 Å². The van der Waals surface area contributed by atoms with Crippen molar-refractivity contribution in [3.05, 3.63) is 23.2 Å². The van der Waals surface area contributed by atoms with E-state index in [1.165, 1.54) is 0 Å². The van der Waals surface area contributed by atoms with Crippen molar-refractivity contribution in [2.24, 2.45) is 0 Å². The van der Waals surface area contributed by atoms with Crippen molar-refractivity contribution >= 4 is 23.2 Å². The lowest BCUT2D eigenvalue weighted by Gasteiger charge is -2.32. The van der Waals surface area contributed by atoms with Gasteiger partial charge in [-0.3, -0.25) is 4.79 Å². The van der Waals surface area contributed by atoms with E-state index in [0.717, 1.165) is 43.8 Å². The molecule has 1 amide bonds. The van der Waals surface area contributed by atoms with Crippen LogP contribution in [-0.2, 0) is 4.79 Å². The van der Waals surface area contributed by atoms with Gasteiger partial charge in [-0.25, -0.2) is 0 Å². The largest absolute Gasteiger partial charge is 0.491 e. The fraction of sp³-hybridized carbons (Fsp3) is 0.562. The molecule has 0 aliphatic carbocycles. The monoisotopic (exact) mass is 310 g/mol. The first-order chi connectivity index (χ1) is 10.1. The van der Waals surface area contributed by atoms with E-state index >= 15 is 0 Å². The number of hydrogen-bond acceptors (Lipinski definition) is 3. The number of likely N-dealkylation sites (tertiary alicyclic amines) is 1. The Hall–Kier alpha value is -1.42. The summed E-state index contributed by atoms with van der Waals surface area (Å²) >= 11 is 6.08. The molecule has 1 heterocycles. The molecular formula is C16H23ClN2O2. The van der Waals surface area contributed by atoms with E-state index in [0.29, 0.717) is 17.7 Å². The molecule has 1 aliphatic heterocycles. The third-order valence-electron chi connectivity index (χ3n) is 3.70. The van der Waals surface area contributed by atoms with Crippen molar-refractivity contribution in [2.75, 3.05) is 25.0 Å². The van der Waals surface area contributed by atoms with Crippen molar-refractivity contribution < 1.29 is 9.53 Å². The van der Waals surface area contributed by atoms with E-state index in [2.05, 4.69) is 12.2 Å². The van der Waals surface area contributed by atoms with Crippen LogP contribution in [0.1, 0.15) is 33.1 Å². The summed E-state index contributed by atoms with van der Waals surface area (Å²) in [6.45, 7) is 6.01. The number of hydrogen-bond donors (Lipinski definition) is 1. The summed E-state index contributed by atoms with van der Waals surface area (Å²) in [5, 5.41) is 4.21. The maximum Gasteiger partial charge on any atom is 0.219 e. The van der Waals surface area contributed by atoms with Gasteiger partial charge in [0.1, 0.15) is 5.75 Å². The second kappa shape index (κ2) is 7.55. The number of rotatable bonds is 5. The number of halogens is 1. The zero-order chi connectivity index (χ0) is 15.2. The molecule has 0 radical (unpaired) electrons. The molecule has 0 aromatic heterocycles. The van der Waals surface area contributed by atoms with E-state index in [1.807, 2.05) is 23.1 Å². The van der Waals surface area contributed by atoms with Gasteiger partial charge in [0, 0.05) is 31.1 Å². The molecule has 0 spiro atoms. The number of anilines is 1. The summed E-state index contributed by atoms with van der Waals surface area (Å²) in [5.41, 5.74) is 0.942. The first kappa shape index (κ1) is 16.0. The minimum atomic E-state index is 0.156. The Labute approximate surface area is 131 Å². The van der Waals surface area contributed by atoms with Crippen LogP contribution in [-0.4, -0.2) is 36.5 Å². The zero-order valence-corrected chi connectivity index (χ0v) is 13.4. The highest BCUT2D eigenvalue weighted by molar-refractivity contribution is 6.30. The molecule has 0 saturated carbocycles. The summed E-state index contributed by atoms with van der Waals surface area (Å²) in [4.78, 5) is 13.2. The van der Waals surface area contributed by atoms with Crippen LogP contribution >= 0.6 is 11.6 Å². The van der Waals surface area contributed by atoms with Gasteiger partial charge in [-0.15, -0.1) is 0 Å². The van der Waals surface area contributed by atoms with Crippen LogP contribution in [0.3, 0.4) is 0 Å². The number of carbonyl (C=O) groups is 1. The maximum atomic E-state index is 11.3. The number of benzene rings is 1. The third kappa shape index (κ3) is 4.53. The van der Waals surface area contributed by atoms with Gasteiger partial charge in [-0.05, 0) is 37.5 Å². The van der Waals surface area contributed by atoms with Gasteiger partial charge in [-0.1, -0.05) is 18.5 Å². The Morgan fingerprint density at radius 2 is 2.14 bits per heavy atom. The van der Waals surface area contributed by atoms with Crippen molar-refractivity contribution in [3.63, 3.8) is 0 Å². The molecule has 116 valence electrons. The number of ether oxygens (including phenoxy) is 1. The van der Waals surface area contributed by atoms with Crippen LogP contribution in [0, 0.1) is 0 Å². The van der Waals surface area contributed by atoms with Crippen LogP contribution in [0.25, 0.3) is 0 Å². The minimum absolute atomic E-state index is 0.156.